The van der Waals surface area contributed by atoms with Crippen LogP contribution >= 0.6 is 0 Å². The number of fused-ring (bicyclic) bond motifs is 2. The van der Waals surface area contributed by atoms with Gasteiger partial charge in [0.2, 0.25) is 0 Å². The fourth-order valence-corrected chi connectivity index (χ4v) is 6.27. The molecule has 3 rings (SSSR count). The molecule has 0 spiro atoms. The first-order valence-electron chi connectivity index (χ1n) is 11.8. The third-order valence-electron chi connectivity index (χ3n) is 6.26. The van der Waals surface area contributed by atoms with Gasteiger partial charge in [-0.3, -0.25) is 18.7 Å². The summed E-state index contributed by atoms with van der Waals surface area (Å²) in [4.78, 5) is 24.5. The number of carbonyl (C=O) groups is 2. The van der Waals surface area contributed by atoms with E-state index in [4.69, 9.17) is 14.4 Å². The second kappa shape index (κ2) is 10.9. The number of hydrogen-bond donors (Lipinski definition) is 3. The maximum absolute atomic E-state index is 12.5. The lowest BCUT2D eigenvalue weighted by Crippen LogP contribution is -2.31. The smallest absolute Gasteiger partial charge is 0.303 e. The van der Waals surface area contributed by atoms with Gasteiger partial charge in [0.1, 0.15) is 16.4 Å². The van der Waals surface area contributed by atoms with Crippen LogP contribution in [0.4, 0.5) is 5.69 Å². The fourth-order valence-electron chi connectivity index (χ4n) is 4.69. The number of carboxylic acid groups (broad SMARTS) is 1. The zero-order valence-corrected chi connectivity index (χ0v) is 22.3. The topological polar surface area (TPSA) is 176 Å². The van der Waals surface area contributed by atoms with E-state index in [1.54, 1.807) is 26.0 Å². The molecule has 3 N–H and O–H groups in total. The van der Waals surface area contributed by atoms with Crippen LogP contribution in [0.15, 0.2) is 35.6 Å². The summed E-state index contributed by atoms with van der Waals surface area (Å²) in [5, 5.41) is 8.82. The third kappa shape index (κ3) is 7.40. The molecule has 13 heteroatoms. The molecule has 0 radical (unpaired) electrons. The fraction of sp³-hybridized carbons (Fsp3) is 0.500. The van der Waals surface area contributed by atoms with Crippen LogP contribution in [-0.4, -0.2) is 61.6 Å². The van der Waals surface area contributed by atoms with Gasteiger partial charge in [0, 0.05) is 60.3 Å². The number of carboxylic acids is 1. The average Bonchev–Trinajstić information content (AvgIpc) is 2.73. The number of unbranched alkanes of at least 4 members (excludes halogenated alkanes) is 2. The van der Waals surface area contributed by atoms with Crippen LogP contribution in [0.25, 0.3) is 4.91 Å². The minimum absolute atomic E-state index is 0.0344. The minimum Gasteiger partial charge on any atom is -0.481 e. The summed E-state index contributed by atoms with van der Waals surface area (Å²) in [6, 6.07) is 4.66. The highest BCUT2D eigenvalue weighted by molar-refractivity contribution is 7.95. The molecule has 1 aliphatic heterocycles. The van der Waals surface area contributed by atoms with Crippen LogP contribution in [0.2, 0.25) is 0 Å². The van der Waals surface area contributed by atoms with E-state index in [9.17, 15) is 31.0 Å². The van der Waals surface area contributed by atoms with Gasteiger partial charge >= 0.3 is 5.97 Å². The molecule has 37 heavy (non-hydrogen) atoms. The Morgan fingerprint density at radius 1 is 1.05 bits per heavy atom. The normalized spacial score (nSPS) is 17.0. The lowest BCUT2D eigenvalue weighted by molar-refractivity contribution is -0.137. The van der Waals surface area contributed by atoms with Crippen molar-refractivity contribution in [2.45, 2.75) is 52.4 Å². The van der Waals surface area contributed by atoms with Crippen molar-refractivity contribution in [2.24, 2.45) is 5.41 Å². The van der Waals surface area contributed by atoms with Crippen molar-refractivity contribution in [2.75, 3.05) is 23.7 Å². The molecular weight excluding hydrogens is 526 g/mol. The third-order valence-corrected chi connectivity index (χ3v) is 8.00. The van der Waals surface area contributed by atoms with E-state index in [1.807, 2.05) is 4.90 Å². The molecule has 1 aromatic rings. The monoisotopic (exact) mass is 557 g/mol. The lowest BCUT2D eigenvalue weighted by atomic mass is 9.73. The minimum atomic E-state index is -4.70. The van der Waals surface area contributed by atoms with E-state index in [-0.39, 0.29) is 59.1 Å². The number of allylic oxidation sites excluding steroid dienone is 2. The van der Waals surface area contributed by atoms with Gasteiger partial charge in [-0.2, -0.15) is 16.8 Å². The van der Waals surface area contributed by atoms with Gasteiger partial charge in [-0.1, -0.05) is 20.3 Å². The van der Waals surface area contributed by atoms with Gasteiger partial charge in [0.05, 0.1) is 5.75 Å². The van der Waals surface area contributed by atoms with E-state index < -0.39 is 37.4 Å². The van der Waals surface area contributed by atoms with E-state index >= 15 is 0 Å². The SMILES string of the molecule is CC1(C)CC(=O)C=C2Oc3cc(N(CCCCCC(=O)O)CCCS(=O)(=O)O)ccc3C(S(=O)(=O)O)=C21. The number of benzene rings is 1. The van der Waals surface area contributed by atoms with Crippen LogP contribution in [0.1, 0.15) is 57.9 Å². The molecule has 1 aromatic carbocycles. The number of ether oxygens (including phenoxy) is 1. The lowest BCUT2D eigenvalue weighted by Gasteiger charge is -2.37. The molecular formula is C24H31NO10S2. The Bertz CT molecular complexity index is 1360. The highest BCUT2D eigenvalue weighted by Gasteiger charge is 2.43. The van der Waals surface area contributed by atoms with Gasteiger partial charge in [0.25, 0.3) is 20.2 Å². The van der Waals surface area contributed by atoms with Gasteiger partial charge in [-0.15, -0.1) is 0 Å². The van der Waals surface area contributed by atoms with E-state index in [0.29, 0.717) is 31.5 Å². The molecule has 0 amide bonds. The predicted molar refractivity (Wildman–Crippen MR) is 136 cm³/mol. The molecule has 0 atom stereocenters. The highest BCUT2D eigenvalue weighted by Crippen LogP contribution is 2.50. The first-order chi connectivity index (χ1) is 17.1. The number of carbonyl (C=O) groups excluding carboxylic acids is 1. The molecule has 2 aliphatic rings. The molecule has 0 saturated heterocycles. The molecule has 0 aromatic heterocycles. The van der Waals surface area contributed by atoms with E-state index in [2.05, 4.69) is 0 Å². The number of hydrogen-bond acceptors (Lipinski definition) is 8. The standard InChI is InChI=1S/C24H31NO10S2/c1-24(2)15-17(26)14-20-22(24)23(37(32,33)34)18-9-8-16(13-19(18)35-20)25(11-6-12-36(29,30)31)10-5-3-4-7-21(27)28/h8-9,13-14H,3-7,10-12,15H2,1-2H3,(H,27,28)(H,29,30,31)(H,32,33,34). The Morgan fingerprint density at radius 3 is 2.35 bits per heavy atom. The molecule has 1 heterocycles. The maximum atomic E-state index is 12.5. The summed E-state index contributed by atoms with van der Waals surface area (Å²) in [5.41, 5.74) is 0.0198. The van der Waals surface area contributed by atoms with Crippen molar-refractivity contribution >= 4 is 42.6 Å². The molecule has 204 valence electrons. The number of ketones is 1. The molecule has 0 saturated carbocycles. The number of aliphatic carboxylic acids is 1. The van der Waals surface area contributed by atoms with Crippen LogP contribution in [0, 0.1) is 5.41 Å². The Hall–Kier alpha value is -2.74. The van der Waals surface area contributed by atoms with Gasteiger partial charge in [-0.05, 0) is 31.4 Å². The first kappa shape index (κ1) is 28.8. The molecule has 0 bridgehead atoms. The van der Waals surface area contributed by atoms with Crippen molar-refractivity contribution < 1.29 is 45.4 Å². The van der Waals surface area contributed by atoms with Crippen LogP contribution in [0.5, 0.6) is 5.75 Å². The summed E-state index contributed by atoms with van der Waals surface area (Å²) >= 11 is 0. The van der Waals surface area contributed by atoms with Crippen molar-refractivity contribution in [3.8, 4) is 5.75 Å². The number of anilines is 1. The predicted octanol–water partition coefficient (Wildman–Crippen LogP) is 3.29. The molecule has 0 fully saturated rings. The average molecular weight is 558 g/mol. The highest BCUT2D eigenvalue weighted by atomic mass is 32.2. The van der Waals surface area contributed by atoms with Crippen LogP contribution in [0.3, 0.4) is 0 Å². The van der Waals surface area contributed by atoms with Gasteiger partial charge < -0.3 is 14.7 Å². The molecule has 1 aliphatic carbocycles. The quantitative estimate of drug-likeness (QED) is 0.254. The maximum Gasteiger partial charge on any atom is 0.303 e. The number of nitrogens with zero attached hydrogens (tertiary/aromatic N) is 1. The van der Waals surface area contributed by atoms with Crippen molar-refractivity contribution in [1.82, 2.24) is 0 Å². The zero-order valence-electron chi connectivity index (χ0n) is 20.6. The van der Waals surface area contributed by atoms with Crippen LogP contribution < -0.4 is 9.64 Å². The largest absolute Gasteiger partial charge is 0.481 e. The summed E-state index contributed by atoms with van der Waals surface area (Å²) in [6.07, 6.45) is 3.10. The molecule has 0 unspecified atom stereocenters. The molecule has 11 nitrogen and oxygen atoms in total. The van der Waals surface area contributed by atoms with Gasteiger partial charge in [-0.25, -0.2) is 0 Å². The summed E-state index contributed by atoms with van der Waals surface area (Å²) in [6.45, 7) is 4.06. The van der Waals surface area contributed by atoms with Crippen molar-refractivity contribution in [3.05, 3.63) is 41.2 Å². The zero-order chi connectivity index (χ0) is 27.6. The second-order valence-electron chi connectivity index (χ2n) is 9.83. The van der Waals surface area contributed by atoms with Crippen molar-refractivity contribution in [1.29, 1.82) is 0 Å². The summed E-state index contributed by atoms with van der Waals surface area (Å²) < 4.78 is 72.5. The number of rotatable bonds is 12. The van der Waals surface area contributed by atoms with Crippen molar-refractivity contribution in [3.63, 3.8) is 0 Å². The van der Waals surface area contributed by atoms with E-state index in [1.165, 1.54) is 12.1 Å². The summed E-state index contributed by atoms with van der Waals surface area (Å²) in [7, 11) is -8.86. The Labute approximate surface area is 216 Å². The Morgan fingerprint density at radius 2 is 1.73 bits per heavy atom. The van der Waals surface area contributed by atoms with Crippen LogP contribution in [-0.2, 0) is 29.8 Å². The summed E-state index contributed by atoms with van der Waals surface area (Å²) in [5.74, 6) is -1.43. The first-order valence-corrected chi connectivity index (χ1v) is 14.8. The second-order valence-corrected chi connectivity index (χ2v) is 12.8. The Kier molecular flexibility index (Phi) is 8.52. The Balaban J connectivity index is 1.98. The van der Waals surface area contributed by atoms with Gasteiger partial charge in [0.15, 0.2) is 5.78 Å². The van der Waals surface area contributed by atoms with E-state index in [0.717, 1.165) is 0 Å².